The van der Waals surface area contributed by atoms with Crippen LogP contribution < -0.4 is 5.32 Å². The number of methoxy groups -OCH3 is 1. The molecule has 2 atom stereocenters. The van der Waals surface area contributed by atoms with Gasteiger partial charge in [-0.05, 0) is 60.9 Å². The van der Waals surface area contributed by atoms with E-state index in [1.54, 1.807) is 42.1 Å². The number of nitrogens with one attached hydrogen (secondary N) is 1. The predicted molar refractivity (Wildman–Crippen MR) is 144 cm³/mol. The fourth-order valence-electron chi connectivity index (χ4n) is 6.22. The van der Waals surface area contributed by atoms with Crippen LogP contribution in [0.5, 0.6) is 0 Å². The molecule has 2 aromatic carbocycles. The lowest BCUT2D eigenvalue weighted by Crippen LogP contribution is -2.39. The Labute approximate surface area is 227 Å². The number of carbonyl (C=O) groups is 1. The van der Waals surface area contributed by atoms with Crippen molar-refractivity contribution in [3.05, 3.63) is 76.6 Å². The number of benzene rings is 2. The summed E-state index contributed by atoms with van der Waals surface area (Å²) >= 11 is 6.32. The molecule has 5 nitrogen and oxygen atoms in total. The maximum atomic E-state index is 15.7. The molecule has 3 aromatic rings. The van der Waals surface area contributed by atoms with E-state index in [1.807, 2.05) is 6.07 Å². The molecule has 2 aliphatic carbocycles. The van der Waals surface area contributed by atoms with Crippen LogP contribution in [0.3, 0.4) is 0 Å². The summed E-state index contributed by atoms with van der Waals surface area (Å²) in [5, 5.41) is 3.65. The Bertz CT molecular complexity index is 1270. The van der Waals surface area contributed by atoms with Crippen molar-refractivity contribution in [3.8, 4) is 11.4 Å². The van der Waals surface area contributed by atoms with Crippen LogP contribution in [-0.2, 0) is 9.53 Å². The van der Waals surface area contributed by atoms with E-state index in [4.69, 9.17) is 16.3 Å². The normalized spacial score (nSPS) is 18.4. The molecule has 8 heteroatoms. The van der Waals surface area contributed by atoms with E-state index in [9.17, 15) is 9.18 Å². The van der Waals surface area contributed by atoms with Gasteiger partial charge >= 0.3 is 0 Å². The van der Waals surface area contributed by atoms with Gasteiger partial charge in [-0.2, -0.15) is 0 Å². The zero-order valence-corrected chi connectivity index (χ0v) is 22.4. The van der Waals surface area contributed by atoms with Crippen LogP contribution in [0.25, 0.3) is 11.4 Å². The molecule has 1 N–H and O–H groups in total. The zero-order valence-electron chi connectivity index (χ0n) is 21.6. The molecule has 1 amide bonds. The third-order valence-electron chi connectivity index (χ3n) is 8.05. The number of ether oxygens (including phenoxy) is 1. The lowest BCUT2D eigenvalue weighted by atomic mass is 9.81. The molecule has 0 radical (unpaired) electrons. The zero-order chi connectivity index (χ0) is 26.6. The molecule has 38 heavy (non-hydrogen) atoms. The van der Waals surface area contributed by atoms with E-state index in [0.717, 1.165) is 57.4 Å². The van der Waals surface area contributed by atoms with Crippen LogP contribution in [0.15, 0.2) is 48.8 Å². The molecule has 1 aromatic heterocycles. The van der Waals surface area contributed by atoms with E-state index < -0.39 is 23.8 Å². The second-order valence-electron chi connectivity index (χ2n) is 10.5. The van der Waals surface area contributed by atoms with Crippen LogP contribution in [0.1, 0.15) is 81.1 Å². The Kier molecular flexibility index (Phi) is 8.44. The summed E-state index contributed by atoms with van der Waals surface area (Å²) < 4.78 is 38.0. The monoisotopic (exact) mass is 541 g/mol. The summed E-state index contributed by atoms with van der Waals surface area (Å²) in [5.41, 5.74) is 1.22. The van der Waals surface area contributed by atoms with Crippen LogP contribution in [0, 0.1) is 17.6 Å². The summed E-state index contributed by atoms with van der Waals surface area (Å²) in [4.78, 5) is 18.3. The first kappa shape index (κ1) is 26.8. The predicted octanol–water partition coefficient (Wildman–Crippen LogP) is 7.40. The number of hydrogen-bond acceptors (Lipinski definition) is 3. The molecule has 2 fully saturated rings. The Morgan fingerprint density at radius 3 is 2.53 bits per heavy atom. The summed E-state index contributed by atoms with van der Waals surface area (Å²) in [7, 11) is 1.61. The molecule has 2 aliphatic rings. The van der Waals surface area contributed by atoms with Gasteiger partial charge in [0.25, 0.3) is 0 Å². The molecule has 2 unspecified atom stereocenters. The van der Waals surface area contributed by atoms with Crippen molar-refractivity contribution in [3.63, 3.8) is 0 Å². The fraction of sp³-hybridized carbons (Fsp3) is 0.467. The van der Waals surface area contributed by atoms with Gasteiger partial charge in [-0.25, -0.2) is 13.8 Å². The van der Waals surface area contributed by atoms with Gasteiger partial charge in [0.2, 0.25) is 5.91 Å². The topological polar surface area (TPSA) is 56.2 Å². The van der Waals surface area contributed by atoms with Crippen molar-refractivity contribution in [2.45, 2.75) is 76.0 Å². The van der Waals surface area contributed by atoms with Crippen molar-refractivity contribution in [2.24, 2.45) is 5.92 Å². The Hall–Kier alpha value is -2.77. The van der Waals surface area contributed by atoms with Crippen LogP contribution in [-0.4, -0.2) is 28.6 Å². The van der Waals surface area contributed by atoms with Crippen LogP contribution in [0.4, 0.5) is 8.78 Å². The lowest BCUT2D eigenvalue weighted by molar-refractivity contribution is -0.123. The molecule has 0 spiro atoms. The standard InChI is InChI=1S/C30H34ClF2N3O2/c1-38-28(19-8-3-2-4-9-19)23-14-15-24(32)26(33)25(23)29-34-16-17-36(29)27(20-10-7-11-21(31)18-20)30(37)35-22-12-5-6-13-22/h7,10-11,14-19,22,27-28H,2-6,8-9,12-13H2,1H3,(H,35,37). The Morgan fingerprint density at radius 2 is 1.82 bits per heavy atom. The van der Waals surface area contributed by atoms with Crippen LogP contribution in [0.2, 0.25) is 5.02 Å². The number of halogens is 3. The summed E-state index contributed by atoms with van der Waals surface area (Å²) in [6.45, 7) is 0. The Balaban J connectivity index is 1.62. The number of nitrogens with zero attached hydrogens (tertiary/aromatic N) is 2. The van der Waals surface area contributed by atoms with Gasteiger partial charge in [-0.1, -0.05) is 61.9 Å². The van der Waals surface area contributed by atoms with E-state index >= 15 is 4.39 Å². The molecule has 1 heterocycles. The van der Waals surface area contributed by atoms with Gasteiger partial charge in [-0.3, -0.25) is 4.79 Å². The molecule has 202 valence electrons. The third kappa shape index (κ3) is 5.50. The number of rotatable bonds is 8. The maximum Gasteiger partial charge on any atom is 0.247 e. The Morgan fingerprint density at radius 1 is 1.08 bits per heavy atom. The highest BCUT2D eigenvalue weighted by Crippen LogP contribution is 2.42. The van der Waals surface area contributed by atoms with Gasteiger partial charge < -0.3 is 14.6 Å². The fourth-order valence-corrected chi connectivity index (χ4v) is 6.42. The first-order valence-electron chi connectivity index (χ1n) is 13.6. The van der Waals surface area contributed by atoms with Crippen LogP contribution >= 0.6 is 11.6 Å². The molecule has 0 bridgehead atoms. The molecular weight excluding hydrogens is 508 g/mol. The minimum Gasteiger partial charge on any atom is -0.376 e. The van der Waals surface area contributed by atoms with Crippen molar-refractivity contribution in [1.29, 1.82) is 0 Å². The number of imidazole rings is 1. The average Bonchev–Trinajstić information content (AvgIpc) is 3.60. The highest BCUT2D eigenvalue weighted by Gasteiger charge is 2.34. The van der Waals surface area contributed by atoms with E-state index in [0.29, 0.717) is 16.1 Å². The highest BCUT2D eigenvalue weighted by molar-refractivity contribution is 6.30. The average molecular weight is 542 g/mol. The first-order valence-corrected chi connectivity index (χ1v) is 14.0. The first-order chi connectivity index (χ1) is 18.5. The van der Waals surface area contributed by atoms with Crippen molar-refractivity contribution in [1.82, 2.24) is 14.9 Å². The number of aromatic nitrogens is 2. The van der Waals surface area contributed by atoms with E-state index in [-0.39, 0.29) is 29.3 Å². The second-order valence-corrected chi connectivity index (χ2v) is 10.9. The van der Waals surface area contributed by atoms with E-state index in [2.05, 4.69) is 10.3 Å². The molecular formula is C30H34ClF2N3O2. The van der Waals surface area contributed by atoms with Gasteiger partial charge in [0.05, 0.1) is 11.7 Å². The maximum absolute atomic E-state index is 15.7. The number of amides is 1. The molecule has 2 saturated carbocycles. The summed E-state index contributed by atoms with van der Waals surface area (Å²) in [6.07, 6.45) is 12.0. The van der Waals surface area contributed by atoms with Gasteiger partial charge in [0, 0.05) is 30.6 Å². The van der Waals surface area contributed by atoms with E-state index in [1.165, 1.54) is 12.6 Å². The van der Waals surface area contributed by atoms with Gasteiger partial charge in [0.15, 0.2) is 11.6 Å². The number of carbonyl (C=O) groups excluding carboxylic acids is 1. The molecule has 0 saturated heterocycles. The summed E-state index contributed by atoms with van der Waals surface area (Å²) in [5.74, 6) is -1.82. The largest absolute Gasteiger partial charge is 0.376 e. The quantitative estimate of drug-likeness (QED) is 0.323. The van der Waals surface area contributed by atoms with Crippen molar-refractivity contribution >= 4 is 17.5 Å². The summed E-state index contributed by atoms with van der Waals surface area (Å²) in [6, 6.07) is 9.04. The second kappa shape index (κ2) is 12.0. The van der Waals surface area contributed by atoms with Crippen molar-refractivity contribution < 1.29 is 18.3 Å². The molecule has 5 rings (SSSR count). The third-order valence-corrected chi connectivity index (χ3v) is 8.29. The van der Waals surface area contributed by atoms with Crippen molar-refractivity contribution in [2.75, 3.05) is 7.11 Å². The minimum atomic E-state index is -0.992. The number of hydrogen-bond donors (Lipinski definition) is 1. The SMILES string of the molecule is COC(c1ccc(F)c(F)c1-c1nccn1C(C(=O)NC1CCCC1)c1cccc(Cl)c1)C1CCCCC1. The smallest absolute Gasteiger partial charge is 0.247 e. The highest BCUT2D eigenvalue weighted by atomic mass is 35.5. The molecule has 0 aliphatic heterocycles. The van der Waals surface area contributed by atoms with Gasteiger partial charge in [-0.15, -0.1) is 0 Å². The van der Waals surface area contributed by atoms with Gasteiger partial charge in [0.1, 0.15) is 11.9 Å². The lowest BCUT2D eigenvalue weighted by Gasteiger charge is -2.31. The minimum absolute atomic E-state index is 0.0353.